The van der Waals surface area contributed by atoms with Crippen LogP contribution in [0.25, 0.3) is 0 Å². The van der Waals surface area contributed by atoms with Gasteiger partial charge in [0.25, 0.3) is 0 Å². The molecule has 22 heavy (non-hydrogen) atoms. The van der Waals surface area contributed by atoms with Gasteiger partial charge in [-0.2, -0.15) is 0 Å². The van der Waals surface area contributed by atoms with Gasteiger partial charge in [-0.15, -0.1) is 10.2 Å². The minimum Gasteiger partial charge on any atom is -0.482 e. The molecule has 0 bridgehead atoms. The molecule has 3 heterocycles. The Labute approximate surface area is 128 Å². The number of carbonyl (C=O) groups excluding carboxylic acids is 1. The van der Waals surface area contributed by atoms with Crippen LogP contribution in [0.15, 0.2) is 24.3 Å². The largest absolute Gasteiger partial charge is 0.482 e. The number of carbonyl (C=O) groups is 1. The standard InChI is InChI=1S/C16H17N3O3/c1-21-16(20)11-6-7-14-17-18-15(19(14)9-11)13-8-10-4-2-3-5-12(10)22-13/h2-5,11,13H,6-9H2,1H3. The third-order valence-corrected chi connectivity index (χ3v) is 4.45. The lowest BCUT2D eigenvalue weighted by molar-refractivity contribution is -0.146. The molecule has 6 heteroatoms. The predicted octanol–water partition coefficient (Wildman–Crippen LogP) is 1.69. The summed E-state index contributed by atoms with van der Waals surface area (Å²) in [6.45, 7) is 0.570. The van der Waals surface area contributed by atoms with Gasteiger partial charge in [-0.25, -0.2) is 0 Å². The number of rotatable bonds is 2. The molecule has 0 aliphatic carbocycles. The molecule has 0 saturated carbocycles. The predicted molar refractivity (Wildman–Crippen MR) is 77.4 cm³/mol. The highest BCUT2D eigenvalue weighted by Crippen LogP contribution is 2.36. The first kappa shape index (κ1) is 13.3. The Kier molecular flexibility index (Phi) is 3.10. The number of fused-ring (bicyclic) bond motifs is 2. The van der Waals surface area contributed by atoms with E-state index in [1.54, 1.807) is 0 Å². The van der Waals surface area contributed by atoms with E-state index in [0.717, 1.165) is 36.7 Å². The van der Waals surface area contributed by atoms with Crippen molar-refractivity contribution in [1.82, 2.24) is 14.8 Å². The molecule has 4 rings (SSSR count). The molecule has 114 valence electrons. The van der Waals surface area contributed by atoms with Gasteiger partial charge in [-0.05, 0) is 18.1 Å². The zero-order valence-corrected chi connectivity index (χ0v) is 12.4. The van der Waals surface area contributed by atoms with Gasteiger partial charge in [0.1, 0.15) is 11.6 Å². The van der Waals surface area contributed by atoms with Crippen LogP contribution in [0.3, 0.4) is 0 Å². The highest BCUT2D eigenvalue weighted by atomic mass is 16.5. The van der Waals surface area contributed by atoms with Crippen LogP contribution >= 0.6 is 0 Å². The Morgan fingerprint density at radius 3 is 3.05 bits per heavy atom. The van der Waals surface area contributed by atoms with Gasteiger partial charge in [-0.1, -0.05) is 18.2 Å². The average Bonchev–Trinajstić information content (AvgIpc) is 3.16. The number of hydrogen-bond donors (Lipinski definition) is 0. The van der Waals surface area contributed by atoms with Gasteiger partial charge in [0.2, 0.25) is 0 Å². The van der Waals surface area contributed by atoms with E-state index in [-0.39, 0.29) is 18.0 Å². The van der Waals surface area contributed by atoms with Crippen molar-refractivity contribution in [1.29, 1.82) is 0 Å². The molecule has 2 aliphatic rings. The molecular formula is C16H17N3O3. The number of aryl methyl sites for hydroxylation is 1. The summed E-state index contributed by atoms with van der Waals surface area (Å²) in [5.74, 6) is 2.34. The minimum absolute atomic E-state index is 0.129. The highest BCUT2D eigenvalue weighted by molar-refractivity contribution is 5.72. The fraction of sp³-hybridized carbons (Fsp3) is 0.438. The molecule has 0 saturated heterocycles. The molecule has 1 aromatic heterocycles. The quantitative estimate of drug-likeness (QED) is 0.790. The van der Waals surface area contributed by atoms with Crippen molar-refractivity contribution in [2.24, 2.45) is 5.92 Å². The smallest absolute Gasteiger partial charge is 0.310 e. The van der Waals surface area contributed by atoms with Crippen molar-refractivity contribution < 1.29 is 14.3 Å². The molecule has 2 atom stereocenters. The van der Waals surface area contributed by atoms with Crippen LogP contribution in [0.1, 0.15) is 29.7 Å². The second kappa shape index (κ2) is 5.12. The van der Waals surface area contributed by atoms with Crippen molar-refractivity contribution in [2.75, 3.05) is 7.11 Å². The Hall–Kier alpha value is -2.37. The number of esters is 1. The topological polar surface area (TPSA) is 66.2 Å². The fourth-order valence-electron chi connectivity index (χ4n) is 3.27. The number of ether oxygens (including phenoxy) is 2. The number of methoxy groups -OCH3 is 1. The Morgan fingerprint density at radius 1 is 1.36 bits per heavy atom. The number of benzene rings is 1. The third kappa shape index (κ3) is 2.06. The summed E-state index contributed by atoms with van der Waals surface area (Å²) >= 11 is 0. The minimum atomic E-state index is -0.166. The Bertz CT molecular complexity index is 700. The molecule has 0 fully saturated rings. The van der Waals surface area contributed by atoms with Gasteiger partial charge in [0.15, 0.2) is 11.9 Å². The molecule has 2 aliphatic heterocycles. The lowest BCUT2D eigenvalue weighted by Crippen LogP contribution is -2.29. The first-order chi connectivity index (χ1) is 10.8. The van der Waals surface area contributed by atoms with Crippen LogP contribution in [0.4, 0.5) is 0 Å². The van der Waals surface area contributed by atoms with E-state index in [1.165, 1.54) is 12.7 Å². The van der Waals surface area contributed by atoms with Crippen LogP contribution in [-0.2, 0) is 28.9 Å². The van der Waals surface area contributed by atoms with Crippen LogP contribution in [0.5, 0.6) is 5.75 Å². The second-order valence-corrected chi connectivity index (χ2v) is 5.76. The second-order valence-electron chi connectivity index (χ2n) is 5.76. The van der Waals surface area contributed by atoms with Crippen molar-refractivity contribution >= 4 is 5.97 Å². The lowest BCUT2D eigenvalue weighted by Gasteiger charge is -2.23. The van der Waals surface area contributed by atoms with Crippen LogP contribution in [0.2, 0.25) is 0 Å². The molecule has 0 radical (unpaired) electrons. The molecule has 0 spiro atoms. The van der Waals surface area contributed by atoms with Crippen molar-refractivity contribution in [3.05, 3.63) is 41.5 Å². The SMILES string of the molecule is COC(=O)C1CCc2nnc(C3Cc4ccccc4O3)n2C1. The molecule has 2 unspecified atom stereocenters. The summed E-state index contributed by atoms with van der Waals surface area (Å²) in [4.78, 5) is 11.8. The summed E-state index contributed by atoms with van der Waals surface area (Å²) in [6.07, 6.45) is 2.16. The van der Waals surface area contributed by atoms with Crippen LogP contribution < -0.4 is 4.74 Å². The monoisotopic (exact) mass is 299 g/mol. The molecule has 0 amide bonds. The van der Waals surface area contributed by atoms with Crippen LogP contribution in [-0.4, -0.2) is 27.8 Å². The normalized spacial score (nSPS) is 22.6. The first-order valence-corrected chi connectivity index (χ1v) is 7.50. The van der Waals surface area contributed by atoms with Gasteiger partial charge in [0, 0.05) is 19.4 Å². The van der Waals surface area contributed by atoms with Crippen LogP contribution in [0, 0.1) is 5.92 Å². The number of nitrogens with zero attached hydrogens (tertiary/aromatic N) is 3. The lowest BCUT2D eigenvalue weighted by atomic mass is 9.99. The van der Waals surface area contributed by atoms with Gasteiger partial charge in [-0.3, -0.25) is 4.79 Å². The summed E-state index contributed by atoms with van der Waals surface area (Å²) in [5, 5.41) is 8.58. The van der Waals surface area contributed by atoms with E-state index in [1.807, 2.05) is 22.8 Å². The summed E-state index contributed by atoms with van der Waals surface area (Å²) in [5.41, 5.74) is 1.19. The van der Waals surface area contributed by atoms with E-state index in [9.17, 15) is 4.79 Å². The Morgan fingerprint density at radius 2 is 2.23 bits per heavy atom. The molecule has 2 aromatic rings. The van der Waals surface area contributed by atoms with E-state index in [2.05, 4.69) is 16.3 Å². The zero-order chi connectivity index (χ0) is 15.1. The van der Waals surface area contributed by atoms with E-state index < -0.39 is 0 Å². The van der Waals surface area contributed by atoms with E-state index in [0.29, 0.717) is 6.54 Å². The molecule has 0 N–H and O–H groups in total. The first-order valence-electron chi connectivity index (χ1n) is 7.50. The third-order valence-electron chi connectivity index (χ3n) is 4.45. The molecule has 1 aromatic carbocycles. The average molecular weight is 299 g/mol. The Balaban J connectivity index is 1.61. The maximum Gasteiger partial charge on any atom is 0.310 e. The fourth-order valence-corrected chi connectivity index (χ4v) is 3.27. The number of aromatic nitrogens is 3. The van der Waals surface area contributed by atoms with Gasteiger partial charge >= 0.3 is 5.97 Å². The molecule has 6 nitrogen and oxygen atoms in total. The summed E-state index contributed by atoms with van der Waals surface area (Å²) < 4.78 is 12.9. The van der Waals surface area contributed by atoms with E-state index >= 15 is 0 Å². The van der Waals surface area contributed by atoms with Crippen molar-refractivity contribution in [3.63, 3.8) is 0 Å². The van der Waals surface area contributed by atoms with Crippen molar-refractivity contribution in [2.45, 2.75) is 31.9 Å². The number of hydrogen-bond acceptors (Lipinski definition) is 5. The zero-order valence-electron chi connectivity index (χ0n) is 12.4. The summed E-state index contributed by atoms with van der Waals surface area (Å²) in [7, 11) is 1.43. The van der Waals surface area contributed by atoms with Crippen molar-refractivity contribution in [3.8, 4) is 5.75 Å². The summed E-state index contributed by atoms with van der Waals surface area (Å²) in [6, 6.07) is 8.02. The highest BCUT2D eigenvalue weighted by Gasteiger charge is 2.33. The maximum absolute atomic E-state index is 11.8. The van der Waals surface area contributed by atoms with Gasteiger partial charge < -0.3 is 14.0 Å². The van der Waals surface area contributed by atoms with E-state index in [4.69, 9.17) is 9.47 Å². The maximum atomic E-state index is 11.8. The molecular weight excluding hydrogens is 282 g/mol. The number of para-hydroxylation sites is 1. The van der Waals surface area contributed by atoms with Gasteiger partial charge in [0.05, 0.1) is 13.0 Å².